The first kappa shape index (κ1) is 10.3. The van der Waals surface area contributed by atoms with Gasteiger partial charge in [0.2, 0.25) is 0 Å². The Morgan fingerprint density at radius 3 is 2.79 bits per heavy atom. The number of aromatic nitrogens is 1. The van der Waals surface area contributed by atoms with Crippen LogP contribution in [0.3, 0.4) is 0 Å². The molecule has 1 heterocycles. The quantitative estimate of drug-likeness (QED) is 0.707. The average molecular weight is 228 g/mol. The minimum absolute atomic E-state index is 0.626. The zero-order valence-corrected chi connectivity index (χ0v) is 9.87. The van der Waals surface area contributed by atoms with Crippen LogP contribution in [0.4, 0.5) is 0 Å². The summed E-state index contributed by atoms with van der Waals surface area (Å²) in [5.74, 6) is 0. The molecule has 0 amide bonds. The van der Waals surface area contributed by atoms with Gasteiger partial charge in [-0.25, -0.2) is 4.98 Å². The molecule has 1 aromatic heterocycles. The summed E-state index contributed by atoms with van der Waals surface area (Å²) in [6.45, 7) is 2.01. The lowest BCUT2D eigenvalue weighted by Gasteiger charge is -2.08. The van der Waals surface area contributed by atoms with Gasteiger partial charge in [-0.3, -0.25) is 0 Å². The normalized spacial score (nSPS) is 17.6. The monoisotopic (exact) mass is 227 g/mol. The van der Waals surface area contributed by atoms with Gasteiger partial charge in [-0.1, -0.05) is 24.4 Å². The summed E-state index contributed by atoms with van der Waals surface area (Å²) in [6.07, 6.45) is 7.37. The lowest BCUT2D eigenvalue weighted by atomic mass is 10.3. The molecule has 0 N–H and O–H groups in total. The van der Waals surface area contributed by atoms with Crippen LogP contribution in [0.2, 0.25) is 5.15 Å². The third-order valence-electron chi connectivity index (χ3n) is 2.59. The number of pyridine rings is 1. The van der Waals surface area contributed by atoms with Gasteiger partial charge in [0.25, 0.3) is 0 Å². The topological polar surface area (TPSA) is 12.9 Å². The predicted molar refractivity (Wildman–Crippen MR) is 62.1 cm³/mol. The van der Waals surface area contributed by atoms with Crippen LogP contribution in [-0.4, -0.2) is 10.2 Å². The van der Waals surface area contributed by atoms with Crippen LogP contribution in [0.5, 0.6) is 0 Å². The fourth-order valence-corrected chi connectivity index (χ4v) is 3.21. The van der Waals surface area contributed by atoms with E-state index in [2.05, 4.69) is 11.1 Å². The molecule has 1 aliphatic carbocycles. The maximum absolute atomic E-state index is 5.88. The molecule has 0 aliphatic heterocycles. The second-order valence-electron chi connectivity index (χ2n) is 3.80. The SMILES string of the molecule is Cc1cc(SC2CCCC2)cnc1Cl. The largest absolute Gasteiger partial charge is 0.243 e. The lowest BCUT2D eigenvalue weighted by Crippen LogP contribution is -1.94. The Labute approximate surface area is 94.3 Å². The number of thioether (sulfide) groups is 1. The third-order valence-corrected chi connectivity index (χ3v) is 4.29. The Balaban J connectivity index is 2.05. The summed E-state index contributed by atoms with van der Waals surface area (Å²) < 4.78 is 0. The number of halogens is 1. The van der Waals surface area contributed by atoms with E-state index < -0.39 is 0 Å². The molecule has 1 saturated carbocycles. The average Bonchev–Trinajstić information content (AvgIpc) is 2.64. The molecule has 1 aromatic rings. The molecule has 1 fully saturated rings. The van der Waals surface area contributed by atoms with E-state index in [1.807, 2.05) is 24.9 Å². The summed E-state index contributed by atoms with van der Waals surface area (Å²) in [7, 11) is 0. The molecule has 76 valence electrons. The summed E-state index contributed by atoms with van der Waals surface area (Å²) in [4.78, 5) is 5.43. The first-order valence-electron chi connectivity index (χ1n) is 5.04. The van der Waals surface area contributed by atoms with Crippen molar-refractivity contribution in [3.05, 3.63) is 23.0 Å². The van der Waals surface area contributed by atoms with Crippen molar-refractivity contribution >= 4 is 23.4 Å². The van der Waals surface area contributed by atoms with Crippen molar-refractivity contribution in [3.63, 3.8) is 0 Å². The van der Waals surface area contributed by atoms with Crippen LogP contribution in [0, 0.1) is 6.92 Å². The highest BCUT2D eigenvalue weighted by Gasteiger charge is 2.16. The molecule has 0 aromatic carbocycles. The van der Waals surface area contributed by atoms with Crippen molar-refractivity contribution in [2.45, 2.75) is 42.8 Å². The van der Waals surface area contributed by atoms with Crippen LogP contribution < -0.4 is 0 Å². The summed E-state index contributed by atoms with van der Waals surface area (Å²) in [6, 6.07) is 2.14. The number of aryl methyl sites for hydroxylation is 1. The van der Waals surface area contributed by atoms with Crippen LogP contribution in [-0.2, 0) is 0 Å². The molecular weight excluding hydrogens is 214 g/mol. The first-order valence-corrected chi connectivity index (χ1v) is 6.30. The Hall–Kier alpha value is -0.210. The van der Waals surface area contributed by atoms with E-state index in [4.69, 9.17) is 11.6 Å². The molecule has 14 heavy (non-hydrogen) atoms. The van der Waals surface area contributed by atoms with E-state index in [0.29, 0.717) is 5.15 Å². The van der Waals surface area contributed by atoms with Gasteiger partial charge in [-0.15, -0.1) is 11.8 Å². The van der Waals surface area contributed by atoms with Gasteiger partial charge < -0.3 is 0 Å². The van der Waals surface area contributed by atoms with Gasteiger partial charge >= 0.3 is 0 Å². The van der Waals surface area contributed by atoms with E-state index in [9.17, 15) is 0 Å². The molecule has 1 aliphatic rings. The van der Waals surface area contributed by atoms with Crippen molar-refractivity contribution < 1.29 is 0 Å². The predicted octanol–water partition coefficient (Wildman–Crippen LogP) is 4.08. The van der Waals surface area contributed by atoms with E-state index in [-0.39, 0.29) is 0 Å². The zero-order chi connectivity index (χ0) is 9.97. The number of hydrogen-bond donors (Lipinski definition) is 0. The standard InChI is InChI=1S/C11H14ClNS/c1-8-6-10(7-13-11(8)12)14-9-4-2-3-5-9/h6-7,9H,2-5H2,1H3. The summed E-state index contributed by atoms with van der Waals surface area (Å²) in [5.41, 5.74) is 1.08. The number of hydrogen-bond acceptors (Lipinski definition) is 2. The van der Waals surface area contributed by atoms with E-state index >= 15 is 0 Å². The minimum Gasteiger partial charge on any atom is -0.243 e. The second kappa shape index (κ2) is 4.54. The Morgan fingerprint density at radius 1 is 1.43 bits per heavy atom. The molecule has 0 spiro atoms. The fraction of sp³-hybridized carbons (Fsp3) is 0.545. The van der Waals surface area contributed by atoms with Crippen molar-refractivity contribution in [3.8, 4) is 0 Å². The molecule has 0 bridgehead atoms. The van der Waals surface area contributed by atoms with E-state index in [0.717, 1.165) is 10.8 Å². The number of rotatable bonds is 2. The molecule has 0 saturated heterocycles. The van der Waals surface area contributed by atoms with Gasteiger partial charge in [0.1, 0.15) is 5.15 Å². The van der Waals surface area contributed by atoms with Crippen molar-refractivity contribution in [2.24, 2.45) is 0 Å². The molecule has 3 heteroatoms. The van der Waals surface area contributed by atoms with Crippen molar-refractivity contribution in [2.75, 3.05) is 0 Å². The number of nitrogens with zero attached hydrogens (tertiary/aromatic N) is 1. The molecule has 0 unspecified atom stereocenters. The third kappa shape index (κ3) is 2.43. The van der Waals surface area contributed by atoms with Crippen LogP contribution >= 0.6 is 23.4 Å². The lowest BCUT2D eigenvalue weighted by molar-refractivity contribution is 0.886. The van der Waals surface area contributed by atoms with Gasteiger partial charge in [0, 0.05) is 16.3 Å². The maximum atomic E-state index is 5.88. The molecule has 2 rings (SSSR count). The smallest absolute Gasteiger partial charge is 0.131 e. The van der Waals surface area contributed by atoms with Gasteiger partial charge in [0.15, 0.2) is 0 Å². The highest BCUT2D eigenvalue weighted by atomic mass is 35.5. The van der Waals surface area contributed by atoms with Crippen molar-refractivity contribution in [1.82, 2.24) is 4.98 Å². The van der Waals surface area contributed by atoms with Crippen LogP contribution in [0.15, 0.2) is 17.2 Å². The highest BCUT2D eigenvalue weighted by molar-refractivity contribution is 8.00. The molecule has 1 nitrogen and oxygen atoms in total. The maximum Gasteiger partial charge on any atom is 0.131 e. The molecular formula is C11H14ClNS. The Bertz CT molecular complexity index is 321. The summed E-state index contributed by atoms with van der Waals surface area (Å²) in [5, 5.41) is 1.43. The zero-order valence-electron chi connectivity index (χ0n) is 8.29. The van der Waals surface area contributed by atoms with Crippen molar-refractivity contribution in [1.29, 1.82) is 0 Å². The Morgan fingerprint density at radius 2 is 2.14 bits per heavy atom. The fourth-order valence-electron chi connectivity index (χ4n) is 1.80. The van der Waals surface area contributed by atoms with Crippen LogP contribution in [0.25, 0.3) is 0 Å². The van der Waals surface area contributed by atoms with Crippen LogP contribution in [0.1, 0.15) is 31.2 Å². The minimum atomic E-state index is 0.626. The van der Waals surface area contributed by atoms with Gasteiger partial charge in [-0.2, -0.15) is 0 Å². The Kier molecular flexibility index (Phi) is 3.34. The van der Waals surface area contributed by atoms with E-state index in [1.165, 1.54) is 30.6 Å². The van der Waals surface area contributed by atoms with Gasteiger partial charge in [0.05, 0.1) is 0 Å². The van der Waals surface area contributed by atoms with Gasteiger partial charge in [-0.05, 0) is 31.4 Å². The van der Waals surface area contributed by atoms with E-state index in [1.54, 1.807) is 0 Å². The second-order valence-corrected chi connectivity index (χ2v) is 5.53. The molecule has 0 radical (unpaired) electrons. The molecule has 0 atom stereocenters. The summed E-state index contributed by atoms with van der Waals surface area (Å²) >= 11 is 7.83. The first-order chi connectivity index (χ1) is 6.75. The highest BCUT2D eigenvalue weighted by Crippen LogP contribution is 2.35.